The molecule has 2 aromatic rings. The maximum Gasteiger partial charge on any atom is 0.131 e. The van der Waals surface area contributed by atoms with E-state index in [4.69, 9.17) is 10.5 Å². The molecule has 0 spiro atoms. The van der Waals surface area contributed by atoms with Crippen molar-refractivity contribution in [2.45, 2.75) is 19.4 Å². The first-order valence-corrected chi connectivity index (χ1v) is 6.23. The van der Waals surface area contributed by atoms with Gasteiger partial charge < -0.3 is 10.5 Å². The number of Topliss-reactive ketones (excluding diaryl/α,β-unsaturated/α-hetero) is 1. The Morgan fingerprint density at radius 2 is 1.63 bits per heavy atom. The van der Waals surface area contributed by atoms with Crippen LogP contribution in [0.4, 0.5) is 0 Å². The molecule has 0 heterocycles. The maximum absolute atomic E-state index is 11.0. The van der Waals surface area contributed by atoms with E-state index in [1.165, 1.54) is 0 Å². The molecule has 0 aliphatic rings. The van der Waals surface area contributed by atoms with Crippen LogP contribution in [0.3, 0.4) is 0 Å². The lowest BCUT2D eigenvalue weighted by atomic mass is 10.0. The predicted octanol–water partition coefficient (Wildman–Crippen LogP) is 3.46. The Bertz CT molecular complexity index is 534. The molecule has 0 saturated carbocycles. The minimum absolute atomic E-state index is 0.0945. The number of nitrogens with two attached hydrogens (primary N) is 1. The van der Waals surface area contributed by atoms with Crippen molar-refractivity contribution in [3.8, 4) is 11.5 Å². The van der Waals surface area contributed by atoms with Crippen LogP contribution in [0.2, 0.25) is 0 Å². The van der Waals surface area contributed by atoms with Crippen molar-refractivity contribution < 1.29 is 9.53 Å². The predicted molar refractivity (Wildman–Crippen MR) is 75.2 cm³/mol. The van der Waals surface area contributed by atoms with Gasteiger partial charge in [-0.3, -0.25) is 4.79 Å². The molecule has 0 fully saturated rings. The van der Waals surface area contributed by atoms with E-state index < -0.39 is 0 Å². The van der Waals surface area contributed by atoms with Crippen molar-refractivity contribution in [2.75, 3.05) is 0 Å². The first-order chi connectivity index (χ1) is 9.15. The van der Waals surface area contributed by atoms with Gasteiger partial charge in [-0.05, 0) is 36.8 Å². The van der Waals surface area contributed by atoms with Gasteiger partial charge in [0.1, 0.15) is 17.3 Å². The first-order valence-electron chi connectivity index (χ1n) is 6.23. The third-order valence-corrected chi connectivity index (χ3v) is 2.79. The fraction of sp³-hybridized carbons (Fsp3) is 0.188. The molecular weight excluding hydrogens is 238 g/mol. The Hall–Kier alpha value is -2.13. The lowest BCUT2D eigenvalue weighted by Crippen LogP contribution is -2.13. The van der Waals surface area contributed by atoms with Crippen LogP contribution in [0, 0.1) is 0 Å². The van der Waals surface area contributed by atoms with Crippen molar-refractivity contribution in [3.05, 3.63) is 60.2 Å². The van der Waals surface area contributed by atoms with E-state index in [2.05, 4.69) is 0 Å². The Labute approximate surface area is 113 Å². The highest BCUT2D eigenvalue weighted by Gasteiger charge is 2.08. The van der Waals surface area contributed by atoms with Crippen molar-refractivity contribution in [1.82, 2.24) is 0 Å². The monoisotopic (exact) mass is 255 g/mol. The summed E-state index contributed by atoms with van der Waals surface area (Å²) in [7, 11) is 0. The third kappa shape index (κ3) is 3.93. The summed E-state index contributed by atoms with van der Waals surface area (Å²) in [5, 5.41) is 0. The van der Waals surface area contributed by atoms with Gasteiger partial charge in [0.15, 0.2) is 0 Å². The van der Waals surface area contributed by atoms with Gasteiger partial charge in [0.2, 0.25) is 0 Å². The first kappa shape index (κ1) is 13.3. The van der Waals surface area contributed by atoms with Gasteiger partial charge in [-0.2, -0.15) is 0 Å². The molecule has 3 heteroatoms. The largest absolute Gasteiger partial charge is 0.457 e. The maximum atomic E-state index is 11.0. The smallest absolute Gasteiger partial charge is 0.131 e. The number of hydrogen-bond donors (Lipinski definition) is 1. The van der Waals surface area contributed by atoms with E-state index in [-0.39, 0.29) is 11.8 Å². The second-order valence-electron chi connectivity index (χ2n) is 4.50. The number of para-hydroxylation sites is 1. The molecule has 1 unspecified atom stereocenters. The van der Waals surface area contributed by atoms with Gasteiger partial charge in [0, 0.05) is 12.5 Å². The molecule has 0 aliphatic carbocycles. The average Bonchev–Trinajstić information content (AvgIpc) is 2.40. The summed E-state index contributed by atoms with van der Waals surface area (Å²) in [6.07, 6.45) is 0.360. The molecule has 98 valence electrons. The van der Waals surface area contributed by atoms with Gasteiger partial charge >= 0.3 is 0 Å². The van der Waals surface area contributed by atoms with E-state index in [1.807, 2.05) is 54.6 Å². The number of benzene rings is 2. The summed E-state index contributed by atoms with van der Waals surface area (Å²) in [4.78, 5) is 11.0. The van der Waals surface area contributed by atoms with Crippen molar-refractivity contribution in [3.63, 3.8) is 0 Å². The van der Waals surface area contributed by atoms with E-state index in [0.717, 1.165) is 17.1 Å². The van der Waals surface area contributed by atoms with Crippen LogP contribution in [-0.2, 0) is 4.79 Å². The number of carbonyl (C=O) groups is 1. The standard InChI is InChI=1S/C16H17NO2/c1-12(18)11-16(17)13-7-9-15(10-8-13)19-14-5-3-2-4-6-14/h2-10,16H,11,17H2,1H3. The number of carbonyl (C=O) groups excluding carboxylic acids is 1. The molecule has 0 radical (unpaired) electrons. The molecule has 19 heavy (non-hydrogen) atoms. The van der Waals surface area contributed by atoms with E-state index >= 15 is 0 Å². The fourth-order valence-electron chi connectivity index (χ4n) is 1.84. The highest BCUT2D eigenvalue weighted by molar-refractivity contribution is 5.76. The normalized spacial score (nSPS) is 11.9. The van der Waals surface area contributed by atoms with Gasteiger partial charge in [-0.25, -0.2) is 0 Å². The van der Waals surface area contributed by atoms with E-state index in [0.29, 0.717) is 6.42 Å². The molecule has 0 bridgehead atoms. The zero-order valence-electron chi connectivity index (χ0n) is 10.9. The van der Waals surface area contributed by atoms with Crippen LogP contribution in [0.1, 0.15) is 24.9 Å². The van der Waals surface area contributed by atoms with Crippen LogP contribution in [-0.4, -0.2) is 5.78 Å². The number of hydrogen-bond acceptors (Lipinski definition) is 3. The molecule has 1 atom stereocenters. The summed E-state index contributed by atoms with van der Waals surface area (Å²) >= 11 is 0. The van der Waals surface area contributed by atoms with E-state index in [9.17, 15) is 4.79 Å². The summed E-state index contributed by atoms with van der Waals surface area (Å²) in [5.41, 5.74) is 6.88. The van der Waals surface area contributed by atoms with Gasteiger partial charge in [0.25, 0.3) is 0 Å². The van der Waals surface area contributed by atoms with Crippen LogP contribution >= 0.6 is 0 Å². The molecule has 2 rings (SSSR count). The molecule has 0 amide bonds. The summed E-state index contributed by atoms with van der Waals surface area (Å²) in [6.45, 7) is 1.55. The highest BCUT2D eigenvalue weighted by atomic mass is 16.5. The second-order valence-corrected chi connectivity index (χ2v) is 4.50. The molecule has 0 aromatic heterocycles. The third-order valence-electron chi connectivity index (χ3n) is 2.79. The van der Waals surface area contributed by atoms with Crippen LogP contribution < -0.4 is 10.5 Å². The molecule has 2 aromatic carbocycles. The molecule has 3 nitrogen and oxygen atoms in total. The van der Waals surface area contributed by atoms with Crippen LogP contribution in [0.25, 0.3) is 0 Å². The topological polar surface area (TPSA) is 52.3 Å². The fourth-order valence-corrected chi connectivity index (χ4v) is 1.84. The van der Waals surface area contributed by atoms with Crippen molar-refractivity contribution in [1.29, 1.82) is 0 Å². The molecular formula is C16H17NO2. The average molecular weight is 255 g/mol. The Kier molecular flexibility index (Phi) is 4.31. The quantitative estimate of drug-likeness (QED) is 0.890. The lowest BCUT2D eigenvalue weighted by molar-refractivity contribution is -0.117. The van der Waals surface area contributed by atoms with Crippen molar-refractivity contribution >= 4 is 5.78 Å². The molecule has 0 saturated heterocycles. The van der Waals surface area contributed by atoms with Gasteiger partial charge in [-0.1, -0.05) is 30.3 Å². The lowest BCUT2D eigenvalue weighted by Gasteiger charge is -2.11. The second kappa shape index (κ2) is 6.16. The minimum atomic E-state index is -0.247. The van der Waals surface area contributed by atoms with Gasteiger partial charge in [0.05, 0.1) is 0 Å². The number of ether oxygens (including phenoxy) is 1. The zero-order chi connectivity index (χ0) is 13.7. The van der Waals surface area contributed by atoms with Crippen LogP contribution in [0.5, 0.6) is 11.5 Å². The zero-order valence-corrected chi connectivity index (χ0v) is 10.9. The summed E-state index contributed by atoms with van der Waals surface area (Å²) in [6, 6.07) is 16.9. The van der Waals surface area contributed by atoms with Crippen molar-refractivity contribution in [2.24, 2.45) is 5.73 Å². The molecule has 2 N–H and O–H groups in total. The van der Waals surface area contributed by atoms with Crippen LogP contribution in [0.15, 0.2) is 54.6 Å². The minimum Gasteiger partial charge on any atom is -0.457 e. The highest BCUT2D eigenvalue weighted by Crippen LogP contribution is 2.23. The summed E-state index contributed by atoms with van der Waals surface area (Å²) < 4.78 is 5.69. The SMILES string of the molecule is CC(=O)CC(N)c1ccc(Oc2ccccc2)cc1. The summed E-state index contributed by atoms with van der Waals surface area (Å²) in [5.74, 6) is 1.64. The van der Waals surface area contributed by atoms with E-state index in [1.54, 1.807) is 6.92 Å². The molecule has 0 aliphatic heterocycles. The Balaban J connectivity index is 2.04. The Morgan fingerprint density at radius 3 is 2.21 bits per heavy atom. The van der Waals surface area contributed by atoms with Gasteiger partial charge in [-0.15, -0.1) is 0 Å². The number of rotatable bonds is 5. The Morgan fingerprint density at radius 1 is 1.05 bits per heavy atom. The number of ketones is 1.